The van der Waals surface area contributed by atoms with Crippen molar-refractivity contribution in [3.05, 3.63) is 65.0 Å². The van der Waals surface area contributed by atoms with Crippen LogP contribution in [0.3, 0.4) is 0 Å². The van der Waals surface area contributed by atoms with Gasteiger partial charge in [-0.1, -0.05) is 41.6 Å². The second kappa shape index (κ2) is 9.51. The number of allylic oxidation sites excluding steroid dienone is 1. The van der Waals surface area contributed by atoms with Gasteiger partial charge >= 0.3 is 0 Å². The van der Waals surface area contributed by atoms with Gasteiger partial charge in [0.25, 0.3) is 5.89 Å². The number of thiophene rings is 1. The molecule has 30 heavy (non-hydrogen) atoms. The molecule has 6 nitrogen and oxygen atoms in total. The number of nitrogens with zero attached hydrogens (tertiary/aromatic N) is 3. The molecule has 1 atom stereocenters. The lowest BCUT2D eigenvalue weighted by molar-refractivity contribution is 0.141. The summed E-state index contributed by atoms with van der Waals surface area (Å²) in [5.41, 5.74) is 3.06. The molecule has 1 aliphatic heterocycles. The first-order valence-electron chi connectivity index (χ1n) is 9.98. The van der Waals surface area contributed by atoms with Gasteiger partial charge in [0.1, 0.15) is 0 Å². The summed E-state index contributed by atoms with van der Waals surface area (Å²) >= 11 is 7.30. The minimum atomic E-state index is -0.154. The molecule has 1 unspecified atom stereocenters. The van der Waals surface area contributed by atoms with Crippen molar-refractivity contribution in [2.45, 2.75) is 26.3 Å². The van der Waals surface area contributed by atoms with Crippen LogP contribution in [0.5, 0.6) is 0 Å². The van der Waals surface area contributed by atoms with Crippen LogP contribution in [0, 0.1) is 0 Å². The summed E-state index contributed by atoms with van der Waals surface area (Å²) in [5, 5.41) is 10.4. The Morgan fingerprint density at radius 1 is 1.23 bits per heavy atom. The van der Waals surface area contributed by atoms with E-state index in [1.807, 2.05) is 42.6 Å². The predicted molar refractivity (Wildman–Crippen MR) is 123 cm³/mol. The van der Waals surface area contributed by atoms with Gasteiger partial charge in [-0.25, -0.2) is 0 Å². The second-order valence-electron chi connectivity index (χ2n) is 6.89. The second-order valence-corrected chi connectivity index (χ2v) is 8.23. The molecule has 0 saturated heterocycles. The van der Waals surface area contributed by atoms with Crippen LogP contribution in [0.15, 0.2) is 58.1 Å². The normalized spacial score (nSPS) is 16.8. The van der Waals surface area contributed by atoms with Crippen molar-refractivity contribution in [1.82, 2.24) is 20.4 Å². The molecular formula is C22H24N4O2S2. The lowest BCUT2D eigenvalue weighted by Crippen LogP contribution is -2.46. The Morgan fingerprint density at radius 2 is 2.07 bits per heavy atom. The number of nitrogens with one attached hydrogen (secondary N) is 1. The summed E-state index contributed by atoms with van der Waals surface area (Å²) in [5.74, 6) is 1.11. The minimum Gasteiger partial charge on any atom is -0.382 e. The topological polar surface area (TPSA) is 63.4 Å². The van der Waals surface area contributed by atoms with Crippen LogP contribution in [0.1, 0.15) is 37.8 Å². The first-order chi connectivity index (χ1) is 14.7. The minimum absolute atomic E-state index is 0.154. The Labute approximate surface area is 185 Å². The number of benzene rings is 1. The summed E-state index contributed by atoms with van der Waals surface area (Å²) in [6, 6.07) is 14.0. The van der Waals surface area contributed by atoms with E-state index in [9.17, 15) is 0 Å². The van der Waals surface area contributed by atoms with E-state index in [2.05, 4.69) is 34.4 Å². The maximum atomic E-state index is 5.73. The molecule has 8 heteroatoms. The van der Waals surface area contributed by atoms with Crippen LogP contribution in [0.2, 0.25) is 0 Å². The maximum Gasteiger partial charge on any atom is 0.258 e. The van der Waals surface area contributed by atoms with Gasteiger partial charge in [0.15, 0.2) is 5.11 Å². The molecule has 3 aromatic rings. The third-order valence-corrected chi connectivity index (χ3v) is 6.21. The van der Waals surface area contributed by atoms with E-state index in [1.54, 1.807) is 11.3 Å². The molecule has 1 N–H and O–H groups in total. The Kier molecular flexibility index (Phi) is 6.56. The summed E-state index contributed by atoms with van der Waals surface area (Å²) < 4.78 is 11.2. The van der Waals surface area contributed by atoms with E-state index in [0.717, 1.165) is 34.7 Å². The van der Waals surface area contributed by atoms with Gasteiger partial charge in [0.05, 0.1) is 16.5 Å². The third-order valence-electron chi connectivity index (χ3n) is 5.00. The molecular weight excluding hydrogens is 416 g/mol. The lowest BCUT2D eigenvalue weighted by Gasteiger charge is -2.37. The van der Waals surface area contributed by atoms with Gasteiger partial charge in [-0.3, -0.25) is 0 Å². The number of ether oxygens (including phenoxy) is 1. The molecule has 0 fully saturated rings. The van der Waals surface area contributed by atoms with Crippen molar-refractivity contribution in [3.63, 3.8) is 0 Å². The molecule has 4 rings (SSSR count). The van der Waals surface area contributed by atoms with Gasteiger partial charge in [-0.05, 0) is 49.5 Å². The molecule has 0 radical (unpaired) electrons. The Balaban J connectivity index is 1.72. The number of hydrogen-bond donors (Lipinski definition) is 1. The Morgan fingerprint density at radius 3 is 2.80 bits per heavy atom. The first kappa shape index (κ1) is 20.7. The highest BCUT2D eigenvalue weighted by atomic mass is 32.1. The zero-order valence-corrected chi connectivity index (χ0v) is 18.6. The molecule has 0 aliphatic carbocycles. The van der Waals surface area contributed by atoms with Gasteiger partial charge in [0.2, 0.25) is 5.82 Å². The fourth-order valence-corrected chi connectivity index (χ4v) is 4.53. The lowest BCUT2D eigenvalue weighted by atomic mass is 9.95. The van der Waals surface area contributed by atoms with Crippen LogP contribution < -0.4 is 5.32 Å². The average Bonchev–Trinajstić information content (AvgIpc) is 3.45. The fraction of sp³-hybridized carbons (Fsp3) is 0.318. The van der Waals surface area contributed by atoms with Crippen LogP contribution >= 0.6 is 23.6 Å². The van der Waals surface area contributed by atoms with E-state index in [-0.39, 0.29) is 6.04 Å². The summed E-state index contributed by atoms with van der Waals surface area (Å²) in [7, 11) is 0. The molecule has 1 aliphatic rings. The van der Waals surface area contributed by atoms with Crippen molar-refractivity contribution in [2.24, 2.45) is 0 Å². The van der Waals surface area contributed by atoms with E-state index in [1.165, 1.54) is 0 Å². The maximum absolute atomic E-state index is 5.73. The van der Waals surface area contributed by atoms with E-state index in [4.69, 9.17) is 26.5 Å². The van der Waals surface area contributed by atoms with Crippen molar-refractivity contribution < 1.29 is 9.26 Å². The zero-order valence-electron chi connectivity index (χ0n) is 17.0. The molecule has 2 aromatic heterocycles. The van der Waals surface area contributed by atoms with Gasteiger partial charge in [-0.15, -0.1) is 11.3 Å². The number of hydrogen-bond acceptors (Lipinski definition) is 6. The van der Waals surface area contributed by atoms with Gasteiger partial charge in [0, 0.05) is 25.5 Å². The van der Waals surface area contributed by atoms with E-state index < -0.39 is 0 Å². The standard InChI is InChI=1S/C22H24N4O2S2/c1-3-27-13-8-12-26-15(2)18(19(23-22(26)29)16-9-5-4-6-10-16)21-24-20(25-28-21)17-11-7-14-30-17/h4-7,9-11,14,19H,3,8,12-13H2,1-2H3,(H,23,29). The van der Waals surface area contributed by atoms with Gasteiger partial charge in [-0.2, -0.15) is 4.98 Å². The molecule has 0 saturated carbocycles. The monoisotopic (exact) mass is 440 g/mol. The quantitative estimate of drug-likeness (QED) is 0.395. The van der Waals surface area contributed by atoms with Crippen LogP contribution in [-0.4, -0.2) is 39.9 Å². The average molecular weight is 441 g/mol. The largest absolute Gasteiger partial charge is 0.382 e. The first-order valence-corrected chi connectivity index (χ1v) is 11.3. The van der Waals surface area contributed by atoms with E-state index >= 15 is 0 Å². The molecule has 3 heterocycles. The highest BCUT2D eigenvalue weighted by Gasteiger charge is 2.33. The third kappa shape index (κ3) is 4.30. The van der Waals surface area contributed by atoms with Gasteiger partial charge < -0.3 is 19.5 Å². The van der Waals surface area contributed by atoms with Crippen molar-refractivity contribution in [3.8, 4) is 10.7 Å². The zero-order chi connectivity index (χ0) is 20.9. The SMILES string of the molecule is CCOCCCN1C(=S)NC(c2ccccc2)C(c2nc(-c3cccs3)no2)=C1C. The van der Waals surface area contributed by atoms with Crippen molar-refractivity contribution in [1.29, 1.82) is 0 Å². The predicted octanol–water partition coefficient (Wildman–Crippen LogP) is 4.89. The Hall–Kier alpha value is -2.55. The van der Waals surface area contributed by atoms with Crippen molar-refractivity contribution >= 4 is 34.2 Å². The van der Waals surface area contributed by atoms with E-state index in [0.29, 0.717) is 30.0 Å². The highest BCUT2D eigenvalue weighted by Crippen LogP contribution is 2.37. The summed E-state index contributed by atoms with van der Waals surface area (Å²) in [4.78, 5) is 7.79. The molecule has 0 spiro atoms. The van der Waals surface area contributed by atoms with Crippen LogP contribution in [0.4, 0.5) is 0 Å². The van der Waals surface area contributed by atoms with Crippen molar-refractivity contribution in [2.75, 3.05) is 19.8 Å². The van der Waals surface area contributed by atoms with Crippen LogP contribution in [-0.2, 0) is 4.74 Å². The smallest absolute Gasteiger partial charge is 0.258 e. The molecule has 0 amide bonds. The number of rotatable bonds is 8. The Bertz CT molecular complexity index is 1010. The number of thiocarbonyl (C=S) groups is 1. The summed E-state index contributed by atoms with van der Waals surface area (Å²) in [6.07, 6.45) is 0.876. The highest BCUT2D eigenvalue weighted by molar-refractivity contribution is 7.80. The summed E-state index contributed by atoms with van der Waals surface area (Å²) in [6.45, 7) is 6.24. The molecule has 1 aromatic carbocycles. The number of aromatic nitrogens is 2. The van der Waals surface area contributed by atoms with Crippen LogP contribution in [0.25, 0.3) is 16.3 Å². The molecule has 156 valence electrons. The fourth-order valence-electron chi connectivity index (χ4n) is 3.53. The molecule has 0 bridgehead atoms.